The second-order valence-electron chi connectivity index (χ2n) is 30.9. The molecule has 0 aliphatic heterocycles. The minimum atomic E-state index is -4.96. The standard InChI is InChI=1S/C82H160O17P2/c1-8-9-10-11-12-13-14-15-16-17-18-19-20-21-22-23-24-27-36-44-51-58-65-81(86)98-77(69-92-79(84)63-56-49-42-35-28-25-26-32-39-46-53-60-73(2)3)71-96-100(88,89)94-67-76(83)68-95-101(90,91)97-72-78(70-93-80(85)64-57-50-43-38-31-34-41-48-55-62-75(6)7)99-82(87)66-59-52-45-37-30-29-33-40-47-54-61-74(4)5/h73-78,83H,8-72H2,1-7H3,(H,88,89)(H,90,91)/t76-,77-,78-/m1/s1. The predicted octanol–water partition coefficient (Wildman–Crippen LogP) is 24.5. The summed E-state index contributed by atoms with van der Waals surface area (Å²) in [6.45, 7) is 11.9. The van der Waals surface area contributed by atoms with Gasteiger partial charge in [-0.2, -0.15) is 0 Å². The number of aliphatic hydroxyl groups is 1. The molecular formula is C82H160O17P2. The van der Waals surface area contributed by atoms with Crippen LogP contribution in [0.3, 0.4) is 0 Å². The smallest absolute Gasteiger partial charge is 0.462 e. The molecule has 0 aromatic rings. The van der Waals surface area contributed by atoms with Crippen LogP contribution in [-0.4, -0.2) is 96.7 Å². The molecule has 5 atom stereocenters. The summed E-state index contributed by atoms with van der Waals surface area (Å²) in [7, 11) is -9.92. The highest BCUT2D eigenvalue weighted by molar-refractivity contribution is 7.47. The van der Waals surface area contributed by atoms with E-state index in [-0.39, 0.29) is 25.7 Å². The van der Waals surface area contributed by atoms with Crippen LogP contribution in [0.5, 0.6) is 0 Å². The van der Waals surface area contributed by atoms with E-state index in [1.54, 1.807) is 0 Å². The number of esters is 4. The number of rotatable bonds is 80. The van der Waals surface area contributed by atoms with Gasteiger partial charge in [0.2, 0.25) is 0 Å². The van der Waals surface area contributed by atoms with Crippen LogP contribution in [0.2, 0.25) is 0 Å². The van der Waals surface area contributed by atoms with Crippen molar-refractivity contribution >= 4 is 39.5 Å². The molecule has 0 amide bonds. The van der Waals surface area contributed by atoms with Gasteiger partial charge in [0, 0.05) is 25.7 Å². The van der Waals surface area contributed by atoms with Crippen LogP contribution in [0, 0.1) is 17.8 Å². The van der Waals surface area contributed by atoms with Crippen molar-refractivity contribution in [2.45, 2.75) is 446 Å². The van der Waals surface area contributed by atoms with Gasteiger partial charge in [-0.25, -0.2) is 9.13 Å². The first-order valence-electron chi connectivity index (χ1n) is 42.3. The fourth-order valence-corrected chi connectivity index (χ4v) is 14.2. The molecule has 0 saturated carbocycles. The Bertz CT molecular complexity index is 1960. The van der Waals surface area contributed by atoms with Crippen LogP contribution in [0.4, 0.5) is 0 Å². The van der Waals surface area contributed by atoms with Crippen molar-refractivity contribution < 1.29 is 80.2 Å². The Kier molecular flexibility index (Phi) is 70.9. The molecule has 0 saturated heterocycles. The van der Waals surface area contributed by atoms with Gasteiger partial charge >= 0.3 is 39.5 Å². The maximum absolute atomic E-state index is 13.1. The first-order valence-corrected chi connectivity index (χ1v) is 45.3. The SMILES string of the molecule is CCCCCCCCCCCCCCCCCCCCCCCCC(=O)O[C@H](COC(=O)CCCCCCCCCCCCCC(C)C)COP(=O)(O)OC[C@@H](O)COP(=O)(O)OC[C@@H](COC(=O)CCCCCCCCCCCC(C)C)OC(=O)CCCCCCCCCCCCC(C)C. The van der Waals surface area contributed by atoms with Gasteiger partial charge in [-0.05, 0) is 43.4 Å². The average molecular weight is 1480 g/mol. The van der Waals surface area contributed by atoms with E-state index in [2.05, 4.69) is 48.5 Å². The highest BCUT2D eigenvalue weighted by Crippen LogP contribution is 2.45. The molecule has 0 aromatic heterocycles. The number of phosphoric ester groups is 2. The van der Waals surface area contributed by atoms with Gasteiger partial charge in [0.15, 0.2) is 12.2 Å². The molecule has 19 heteroatoms. The van der Waals surface area contributed by atoms with E-state index in [1.807, 2.05) is 0 Å². The predicted molar refractivity (Wildman–Crippen MR) is 414 cm³/mol. The molecule has 0 radical (unpaired) electrons. The van der Waals surface area contributed by atoms with Crippen molar-refractivity contribution in [2.24, 2.45) is 17.8 Å². The minimum absolute atomic E-state index is 0.106. The third-order valence-electron chi connectivity index (χ3n) is 19.1. The van der Waals surface area contributed by atoms with Gasteiger partial charge in [-0.15, -0.1) is 0 Å². The van der Waals surface area contributed by atoms with E-state index in [9.17, 15) is 43.2 Å². The quantitative estimate of drug-likeness (QED) is 0.0222. The zero-order valence-electron chi connectivity index (χ0n) is 66.4. The number of hydrogen-bond acceptors (Lipinski definition) is 15. The second kappa shape index (κ2) is 72.3. The fraction of sp³-hybridized carbons (Fsp3) is 0.951. The molecule has 101 heavy (non-hydrogen) atoms. The Morgan fingerprint density at radius 2 is 0.455 bits per heavy atom. The van der Waals surface area contributed by atoms with Gasteiger partial charge in [-0.3, -0.25) is 37.3 Å². The lowest BCUT2D eigenvalue weighted by Crippen LogP contribution is -2.30. The zero-order chi connectivity index (χ0) is 74.4. The van der Waals surface area contributed by atoms with Gasteiger partial charge in [0.1, 0.15) is 19.3 Å². The highest BCUT2D eigenvalue weighted by Gasteiger charge is 2.30. The third kappa shape index (κ3) is 76.1. The molecule has 0 bridgehead atoms. The van der Waals surface area contributed by atoms with Crippen LogP contribution in [-0.2, 0) is 65.4 Å². The van der Waals surface area contributed by atoms with Crippen molar-refractivity contribution in [3.63, 3.8) is 0 Å². The molecule has 600 valence electrons. The first-order chi connectivity index (χ1) is 48.7. The number of carbonyl (C=O) groups excluding carboxylic acids is 4. The molecule has 0 aromatic carbocycles. The van der Waals surface area contributed by atoms with Crippen LogP contribution in [0.15, 0.2) is 0 Å². The van der Waals surface area contributed by atoms with Crippen LogP contribution >= 0.6 is 15.6 Å². The van der Waals surface area contributed by atoms with E-state index < -0.39 is 97.5 Å². The molecule has 17 nitrogen and oxygen atoms in total. The number of carbonyl (C=O) groups is 4. The fourth-order valence-electron chi connectivity index (χ4n) is 12.7. The molecular weight excluding hydrogens is 1320 g/mol. The minimum Gasteiger partial charge on any atom is -0.462 e. The largest absolute Gasteiger partial charge is 0.472 e. The summed E-state index contributed by atoms with van der Waals surface area (Å²) in [5.41, 5.74) is 0. The Morgan fingerprint density at radius 1 is 0.267 bits per heavy atom. The maximum atomic E-state index is 13.1. The van der Waals surface area contributed by atoms with Crippen LogP contribution in [0.1, 0.15) is 427 Å². The Hall–Kier alpha value is -1.94. The van der Waals surface area contributed by atoms with Gasteiger partial charge < -0.3 is 33.8 Å². The van der Waals surface area contributed by atoms with E-state index in [0.717, 1.165) is 108 Å². The molecule has 0 fully saturated rings. The molecule has 3 N–H and O–H groups in total. The summed E-state index contributed by atoms with van der Waals surface area (Å²) in [6.07, 6.45) is 61.2. The van der Waals surface area contributed by atoms with Crippen LogP contribution < -0.4 is 0 Å². The Morgan fingerprint density at radius 3 is 0.673 bits per heavy atom. The van der Waals surface area contributed by atoms with Crippen molar-refractivity contribution in [2.75, 3.05) is 39.6 Å². The summed E-state index contributed by atoms with van der Waals surface area (Å²) >= 11 is 0. The molecule has 2 unspecified atom stereocenters. The summed E-state index contributed by atoms with van der Waals surface area (Å²) in [6, 6.07) is 0. The molecule has 0 spiro atoms. The van der Waals surface area contributed by atoms with Crippen molar-refractivity contribution in [1.82, 2.24) is 0 Å². The second-order valence-corrected chi connectivity index (χ2v) is 33.8. The lowest BCUT2D eigenvalue weighted by Gasteiger charge is -2.21. The van der Waals surface area contributed by atoms with E-state index in [1.165, 1.54) is 238 Å². The van der Waals surface area contributed by atoms with Crippen molar-refractivity contribution in [1.29, 1.82) is 0 Å². The van der Waals surface area contributed by atoms with E-state index >= 15 is 0 Å². The van der Waals surface area contributed by atoms with Gasteiger partial charge in [0.25, 0.3) is 0 Å². The topological polar surface area (TPSA) is 237 Å². The number of aliphatic hydroxyl groups excluding tert-OH is 1. The third-order valence-corrected chi connectivity index (χ3v) is 21.0. The summed E-state index contributed by atoms with van der Waals surface area (Å²) in [4.78, 5) is 73.1. The van der Waals surface area contributed by atoms with Crippen molar-refractivity contribution in [3.8, 4) is 0 Å². The summed E-state index contributed by atoms with van der Waals surface area (Å²) < 4.78 is 68.7. The lowest BCUT2D eigenvalue weighted by molar-refractivity contribution is -0.161. The maximum Gasteiger partial charge on any atom is 0.472 e. The number of phosphoric acid groups is 2. The normalized spacial score (nSPS) is 14.0. The number of ether oxygens (including phenoxy) is 4. The van der Waals surface area contributed by atoms with Gasteiger partial charge in [0.05, 0.1) is 26.4 Å². The summed E-state index contributed by atoms with van der Waals surface area (Å²) in [5, 5.41) is 10.6. The highest BCUT2D eigenvalue weighted by atomic mass is 31.2. The summed E-state index contributed by atoms with van der Waals surface area (Å²) in [5.74, 6) is 0.155. The number of hydrogen-bond donors (Lipinski definition) is 3. The Labute approximate surface area is 619 Å². The molecule has 0 heterocycles. The lowest BCUT2D eigenvalue weighted by atomic mass is 10.0. The van der Waals surface area contributed by atoms with E-state index in [4.69, 9.17) is 37.0 Å². The molecule has 0 aliphatic carbocycles. The average Bonchev–Trinajstić information content (AvgIpc) is 0.944. The first kappa shape index (κ1) is 99.1. The zero-order valence-corrected chi connectivity index (χ0v) is 68.2. The Balaban J connectivity index is 5.22. The van der Waals surface area contributed by atoms with E-state index in [0.29, 0.717) is 25.7 Å². The monoisotopic (exact) mass is 1480 g/mol. The van der Waals surface area contributed by atoms with Crippen LogP contribution in [0.25, 0.3) is 0 Å². The van der Waals surface area contributed by atoms with Gasteiger partial charge in [-0.1, -0.05) is 376 Å². The number of unbranched alkanes of at least 4 members (excludes halogenated alkanes) is 48. The molecule has 0 aliphatic rings. The van der Waals surface area contributed by atoms with Crippen molar-refractivity contribution in [3.05, 3.63) is 0 Å². The molecule has 0 rings (SSSR count).